The minimum absolute atomic E-state index is 0.209. The van der Waals surface area contributed by atoms with Crippen molar-refractivity contribution in [2.45, 2.75) is 12.8 Å². The maximum absolute atomic E-state index is 12.4. The monoisotopic (exact) mass is 332 g/mol. The van der Waals surface area contributed by atoms with Crippen LogP contribution >= 0.6 is 0 Å². The van der Waals surface area contributed by atoms with E-state index in [0.717, 1.165) is 44.6 Å². The standard InChI is InChI=1S/C18H24N2O4/c21-17(13-19-7-9-24-10-8-19)20-6-5-15(12-20)11-14-1-3-16(4-2-14)18(22)23/h1-4,15H,5-13H2,(H,22,23)/t15-/m0/s1. The molecule has 130 valence electrons. The van der Waals surface area contributed by atoms with Crippen LogP contribution in [-0.4, -0.2) is 72.7 Å². The lowest BCUT2D eigenvalue weighted by Gasteiger charge is -2.28. The molecule has 0 aliphatic carbocycles. The van der Waals surface area contributed by atoms with Crippen molar-refractivity contribution in [2.75, 3.05) is 45.9 Å². The Kier molecular flexibility index (Phi) is 5.48. The molecule has 0 saturated carbocycles. The number of likely N-dealkylation sites (tertiary alicyclic amines) is 1. The van der Waals surface area contributed by atoms with Crippen LogP contribution in [0, 0.1) is 5.92 Å². The van der Waals surface area contributed by atoms with E-state index in [1.165, 1.54) is 0 Å². The zero-order valence-corrected chi connectivity index (χ0v) is 13.8. The minimum Gasteiger partial charge on any atom is -0.478 e. The minimum atomic E-state index is -0.901. The molecule has 24 heavy (non-hydrogen) atoms. The molecule has 2 aliphatic heterocycles. The highest BCUT2D eigenvalue weighted by atomic mass is 16.5. The number of rotatable bonds is 5. The lowest BCUT2D eigenvalue weighted by molar-refractivity contribution is -0.132. The van der Waals surface area contributed by atoms with Gasteiger partial charge in [-0.25, -0.2) is 4.79 Å². The van der Waals surface area contributed by atoms with Crippen LogP contribution in [0.3, 0.4) is 0 Å². The fraction of sp³-hybridized carbons (Fsp3) is 0.556. The van der Waals surface area contributed by atoms with Crippen LogP contribution in [0.25, 0.3) is 0 Å². The molecule has 1 aromatic rings. The van der Waals surface area contributed by atoms with Gasteiger partial charge in [0.15, 0.2) is 0 Å². The number of hydrogen-bond acceptors (Lipinski definition) is 4. The molecule has 1 aromatic carbocycles. The summed E-state index contributed by atoms with van der Waals surface area (Å²) in [6.07, 6.45) is 1.90. The van der Waals surface area contributed by atoms with Crippen molar-refractivity contribution in [3.8, 4) is 0 Å². The Labute approximate surface area is 142 Å². The number of nitrogens with zero attached hydrogens (tertiary/aromatic N) is 2. The first kappa shape index (κ1) is 16.9. The van der Waals surface area contributed by atoms with Crippen LogP contribution in [0.15, 0.2) is 24.3 Å². The number of carbonyl (C=O) groups is 2. The SMILES string of the molecule is O=C(O)c1ccc(C[C@@H]2CCN(C(=O)CN3CCOCC3)C2)cc1. The molecular formula is C18H24N2O4. The van der Waals surface area contributed by atoms with Crippen LogP contribution in [0.5, 0.6) is 0 Å². The van der Waals surface area contributed by atoms with E-state index in [1.54, 1.807) is 12.1 Å². The van der Waals surface area contributed by atoms with E-state index < -0.39 is 5.97 Å². The Balaban J connectivity index is 1.47. The van der Waals surface area contributed by atoms with Gasteiger partial charge >= 0.3 is 5.97 Å². The predicted octanol–water partition coefficient (Wildman–Crippen LogP) is 1.11. The van der Waals surface area contributed by atoms with Crippen molar-refractivity contribution in [3.63, 3.8) is 0 Å². The van der Waals surface area contributed by atoms with Gasteiger partial charge in [0, 0.05) is 26.2 Å². The maximum Gasteiger partial charge on any atom is 0.335 e. The lowest BCUT2D eigenvalue weighted by atomic mass is 9.98. The first-order chi connectivity index (χ1) is 11.6. The van der Waals surface area contributed by atoms with E-state index in [4.69, 9.17) is 9.84 Å². The highest BCUT2D eigenvalue weighted by Gasteiger charge is 2.27. The van der Waals surface area contributed by atoms with Crippen LogP contribution in [0.2, 0.25) is 0 Å². The second-order valence-electron chi connectivity index (χ2n) is 6.59. The topological polar surface area (TPSA) is 70.1 Å². The van der Waals surface area contributed by atoms with Crippen molar-refractivity contribution in [1.82, 2.24) is 9.80 Å². The van der Waals surface area contributed by atoms with E-state index in [-0.39, 0.29) is 5.91 Å². The molecule has 3 rings (SSSR count). The molecule has 6 heteroatoms. The molecule has 1 N–H and O–H groups in total. The fourth-order valence-corrected chi connectivity index (χ4v) is 3.39. The highest BCUT2D eigenvalue weighted by Crippen LogP contribution is 2.21. The number of carbonyl (C=O) groups excluding carboxylic acids is 1. The third-order valence-corrected chi connectivity index (χ3v) is 4.83. The third kappa shape index (κ3) is 4.33. The molecular weight excluding hydrogens is 308 g/mol. The molecule has 1 atom stereocenters. The Bertz CT molecular complexity index is 581. The average Bonchev–Trinajstić information content (AvgIpc) is 3.05. The highest BCUT2D eigenvalue weighted by molar-refractivity contribution is 5.87. The summed E-state index contributed by atoms with van der Waals surface area (Å²) in [6, 6.07) is 7.05. The zero-order chi connectivity index (χ0) is 16.9. The van der Waals surface area contributed by atoms with Gasteiger partial charge in [-0.15, -0.1) is 0 Å². The smallest absolute Gasteiger partial charge is 0.335 e. The van der Waals surface area contributed by atoms with Crippen LogP contribution in [-0.2, 0) is 16.0 Å². The van der Waals surface area contributed by atoms with Crippen molar-refractivity contribution in [3.05, 3.63) is 35.4 Å². The van der Waals surface area contributed by atoms with Gasteiger partial charge in [0.05, 0.1) is 25.3 Å². The second kappa shape index (κ2) is 7.77. The Hall–Kier alpha value is -1.92. The molecule has 2 fully saturated rings. The van der Waals surface area contributed by atoms with E-state index >= 15 is 0 Å². The van der Waals surface area contributed by atoms with Gasteiger partial charge in [0.25, 0.3) is 0 Å². The largest absolute Gasteiger partial charge is 0.478 e. The number of carboxylic acid groups (broad SMARTS) is 1. The number of morpholine rings is 1. The zero-order valence-electron chi connectivity index (χ0n) is 13.8. The number of amides is 1. The van der Waals surface area contributed by atoms with Crippen LogP contribution < -0.4 is 0 Å². The summed E-state index contributed by atoms with van der Waals surface area (Å²) >= 11 is 0. The molecule has 1 amide bonds. The molecule has 0 aromatic heterocycles. The molecule has 0 spiro atoms. The van der Waals surface area contributed by atoms with Gasteiger partial charge in [-0.05, 0) is 36.5 Å². The summed E-state index contributed by atoms with van der Waals surface area (Å²) in [4.78, 5) is 27.4. The van der Waals surface area contributed by atoms with Crippen LogP contribution in [0.1, 0.15) is 22.3 Å². The predicted molar refractivity (Wildman–Crippen MR) is 89.1 cm³/mol. The summed E-state index contributed by atoms with van der Waals surface area (Å²) in [5, 5.41) is 8.93. The number of aromatic carboxylic acids is 1. The second-order valence-corrected chi connectivity index (χ2v) is 6.59. The summed E-state index contributed by atoms with van der Waals surface area (Å²) in [6.45, 7) is 5.19. The number of hydrogen-bond donors (Lipinski definition) is 1. The average molecular weight is 332 g/mol. The summed E-state index contributed by atoms with van der Waals surface area (Å²) in [5.74, 6) is -0.239. The number of ether oxygens (including phenoxy) is 1. The van der Waals surface area contributed by atoms with Gasteiger partial charge in [0.1, 0.15) is 0 Å². The molecule has 0 radical (unpaired) electrons. The normalized spacial score (nSPS) is 21.8. The molecule has 6 nitrogen and oxygen atoms in total. The summed E-state index contributed by atoms with van der Waals surface area (Å²) < 4.78 is 5.31. The fourth-order valence-electron chi connectivity index (χ4n) is 3.39. The quantitative estimate of drug-likeness (QED) is 0.875. The number of benzene rings is 1. The summed E-state index contributed by atoms with van der Waals surface area (Å²) in [5.41, 5.74) is 1.44. The molecule has 0 unspecified atom stereocenters. The van der Waals surface area contributed by atoms with Gasteiger partial charge in [-0.1, -0.05) is 12.1 Å². The Morgan fingerprint density at radius 3 is 2.50 bits per heavy atom. The summed E-state index contributed by atoms with van der Waals surface area (Å²) in [7, 11) is 0. The first-order valence-corrected chi connectivity index (χ1v) is 8.52. The first-order valence-electron chi connectivity index (χ1n) is 8.52. The maximum atomic E-state index is 12.4. The van der Waals surface area contributed by atoms with Crippen molar-refractivity contribution >= 4 is 11.9 Å². The molecule has 2 saturated heterocycles. The van der Waals surface area contributed by atoms with E-state index in [0.29, 0.717) is 31.2 Å². The van der Waals surface area contributed by atoms with Crippen LogP contribution in [0.4, 0.5) is 0 Å². The van der Waals surface area contributed by atoms with Gasteiger partial charge in [-0.2, -0.15) is 0 Å². The van der Waals surface area contributed by atoms with E-state index in [1.807, 2.05) is 17.0 Å². The number of carboxylic acids is 1. The third-order valence-electron chi connectivity index (χ3n) is 4.83. The Morgan fingerprint density at radius 2 is 1.83 bits per heavy atom. The molecule has 2 aliphatic rings. The lowest BCUT2D eigenvalue weighted by Crippen LogP contribution is -2.44. The van der Waals surface area contributed by atoms with Gasteiger partial charge < -0.3 is 14.7 Å². The van der Waals surface area contributed by atoms with E-state index in [9.17, 15) is 9.59 Å². The van der Waals surface area contributed by atoms with Gasteiger partial charge in [0.2, 0.25) is 5.91 Å². The Morgan fingerprint density at radius 1 is 1.12 bits per heavy atom. The van der Waals surface area contributed by atoms with Crippen molar-refractivity contribution in [1.29, 1.82) is 0 Å². The molecule has 0 bridgehead atoms. The van der Waals surface area contributed by atoms with Gasteiger partial charge in [-0.3, -0.25) is 9.69 Å². The van der Waals surface area contributed by atoms with Crippen molar-refractivity contribution in [2.24, 2.45) is 5.92 Å². The van der Waals surface area contributed by atoms with Crippen molar-refractivity contribution < 1.29 is 19.4 Å². The van der Waals surface area contributed by atoms with E-state index in [2.05, 4.69) is 4.90 Å². The molecule has 2 heterocycles.